The Labute approximate surface area is 122 Å². The second-order valence-corrected chi connectivity index (χ2v) is 6.44. The molecule has 0 unspecified atom stereocenters. The molecule has 0 saturated heterocycles. The van der Waals surface area contributed by atoms with Gasteiger partial charge in [-0.3, -0.25) is 9.36 Å². The molecule has 2 aromatic rings. The number of aromatic nitrogens is 1. The van der Waals surface area contributed by atoms with Crippen LogP contribution in [0.1, 0.15) is 19.4 Å². The Bertz CT molecular complexity index is 758. The van der Waals surface area contributed by atoms with Gasteiger partial charge >= 0.3 is 7.60 Å². The van der Waals surface area contributed by atoms with Gasteiger partial charge in [-0.15, -0.1) is 0 Å². The van der Waals surface area contributed by atoms with Crippen molar-refractivity contribution in [1.29, 1.82) is 0 Å². The third-order valence-corrected chi connectivity index (χ3v) is 5.24. The van der Waals surface area contributed by atoms with Crippen molar-refractivity contribution in [1.82, 2.24) is 4.98 Å². The summed E-state index contributed by atoms with van der Waals surface area (Å²) in [5.41, 5.74) is 0.636. The van der Waals surface area contributed by atoms with Gasteiger partial charge in [-0.05, 0) is 32.4 Å². The average molecular weight is 311 g/mol. The number of aromatic amines is 1. The Kier molecular flexibility index (Phi) is 4.52. The smallest absolute Gasteiger partial charge is 0.370 e. The molecule has 1 aromatic carbocycles. The van der Waals surface area contributed by atoms with Crippen LogP contribution in [0, 0.1) is 6.92 Å². The van der Waals surface area contributed by atoms with Gasteiger partial charge in [0.15, 0.2) is 5.30 Å². The predicted molar refractivity (Wildman–Crippen MR) is 81.5 cm³/mol. The molecule has 1 aromatic heterocycles. The maximum atomic E-state index is 12.8. The van der Waals surface area contributed by atoms with Crippen LogP contribution in [0.15, 0.2) is 23.0 Å². The highest BCUT2D eigenvalue weighted by molar-refractivity contribution is 7.62. The minimum absolute atomic E-state index is 0.0992. The van der Waals surface area contributed by atoms with Crippen molar-refractivity contribution in [3.63, 3.8) is 0 Å². The van der Waals surface area contributed by atoms with Crippen LogP contribution in [0.5, 0.6) is 5.75 Å². The lowest BCUT2D eigenvalue weighted by Crippen LogP contribution is -2.29. The van der Waals surface area contributed by atoms with Crippen molar-refractivity contribution in [2.45, 2.75) is 20.8 Å². The third-order valence-electron chi connectivity index (χ3n) is 3.08. The first-order valence-electron chi connectivity index (χ1n) is 6.68. The summed E-state index contributed by atoms with van der Waals surface area (Å²) in [6.45, 7) is 5.29. The summed E-state index contributed by atoms with van der Waals surface area (Å²) in [6, 6.07) is 5.19. The fraction of sp³-hybridized carbons (Fsp3) is 0.357. The van der Waals surface area contributed by atoms with Crippen LogP contribution in [-0.2, 0) is 13.6 Å². The normalized spacial score (nSPS) is 12.0. The zero-order valence-corrected chi connectivity index (χ0v) is 13.1. The molecule has 0 spiro atoms. The quantitative estimate of drug-likeness (QED) is 0.828. The Morgan fingerprint density at radius 1 is 1.24 bits per heavy atom. The molecule has 21 heavy (non-hydrogen) atoms. The van der Waals surface area contributed by atoms with E-state index in [2.05, 4.69) is 4.98 Å². The van der Waals surface area contributed by atoms with Gasteiger partial charge in [0, 0.05) is 5.39 Å². The van der Waals surface area contributed by atoms with Crippen molar-refractivity contribution in [3.8, 4) is 5.75 Å². The molecule has 1 heterocycles. The van der Waals surface area contributed by atoms with Gasteiger partial charge in [0.05, 0.1) is 18.7 Å². The first-order valence-corrected chi connectivity index (χ1v) is 8.23. The molecule has 0 aliphatic carbocycles. The van der Waals surface area contributed by atoms with E-state index in [0.29, 0.717) is 10.9 Å². The zero-order chi connectivity index (χ0) is 15.6. The van der Waals surface area contributed by atoms with Crippen molar-refractivity contribution in [2.75, 3.05) is 13.2 Å². The fourth-order valence-electron chi connectivity index (χ4n) is 2.20. The van der Waals surface area contributed by atoms with Gasteiger partial charge in [-0.25, -0.2) is 0 Å². The molecule has 0 bridgehead atoms. The summed E-state index contributed by atoms with van der Waals surface area (Å²) in [6.07, 6.45) is 0. The Hall–Kier alpha value is -1.62. The number of hydrogen-bond donors (Lipinski definition) is 2. The van der Waals surface area contributed by atoms with Gasteiger partial charge in [0.25, 0.3) is 5.56 Å². The lowest BCUT2D eigenvalue weighted by Gasteiger charge is -2.18. The highest BCUT2D eigenvalue weighted by atomic mass is 31.2. The standard InChI is InChI=1S/C14H18NO5P/c1-4-19-21(18,20-5-2)13-12(16)10-8-6-7-9(3)11(10)15-14(13)17/h6-8H,4-5H2,1-3H3,(H2,15,16,17). The van der Waals surface area contributed by atoms with Crippen LogP contribution in [0.2, 0.25) is 0 Å². The van der Waals surface area contributed by atoms with Crippen molar-refractivity contribution in [2.24, 2.45) is 0 Å². The summed E-state index contributed by atoms with van der Waals surface area (Å²) >= 11 is 0. The monoisotopic (exact) mass is 311 g/mol. The first kappa shape index (κ1) is 15.8. The highest BCUT2D eigenvalue weighted by Gasteiger charge is 2.34. The number of pyridine rings is 1. The molecular weight excluding hydrogens is 293 g/mol. The van der Waals surface area contributed by atoms with E-state index >= 15 is 0 Å². The fourth-order valence-corrected chi connectivity index (χ4v) is 3.90. The zero-order valence-electron chi connectivity index (χ0n) is 12.2. The van der Waals surface area contributed by atoms with Crippen LogP contribution in [-0.4, -0.2) is 23.3 Å². The summed E-state index contributed by atoms with van der Waals surface area (Å²) < 4.78 is 23.1. The molecular formula is C14H18NO5P. The van der Waals surface area contributed by atoms with E-state index in [-0.39, 0.29) is 24.3 Å². The van der Waals surface area contributed by atoms with Crippen LogP contribution >= 0.6 is 7.60 Å². The second-order valence-electron chi connectivity index (χ2n) is 4.48. The largest absolute Gasteiger partial charge is 0.506 e. The number of H-pyrrole nitrogens is 1. The maximum Gasteiger partial charge on any atom is 0.370 e. The van der Waals surface area contributed by atoms with Crippen molar-refractivity contribution >= 4 is 23.8 Å². The summed E-state index contributed by atoms with van der Waals surface area (Å²) in [5, 5.41) is 10.5. The number of para-hydroxylation sites is 1. The Morgan fingerprint density at radius 3 is 2.43 bits per heavy atom. The van der Waals surface area contributed by atoms with Gasteiger partial charge in [-0.1, -0.05) is 12.1 Å². The number of nitrogens with one attached hydrogen (secondary N) is 1. The summed E-state index contributed by atoms with van der Waals surface area (Å²) in [5.74, 6) is -0.359. The highest BCUT2D eigenvalue weighted by Crippen LogP contribution is 2.48. The molecule has 0 saturated carbocycles. The van der Waals surface area contributed by atoms with Gasteiger partial charge in [0.2, 0.25) is 0 Å². The summed E-state index contributed by atoms with van der Waals surface area (Å²) in [7, 11) is -3.86. The molecule has 2 rings (SSSR count). The minimum Gasteiger partial charge on any atom is -0.506 e. The van der Waals surface area contributed by atoms with Crippen LogP contribution < -0.4 is 10.9 Å². The number of rotatable bonds is 5. The minimum atomic E-state index is -3.86. The van der Waals surface area contributed by atoms with Gasteiger partial charge < -0.3 is 19.1 Å². The van der Waals surface area contributed by atoms with Crippen LogP contribution in [0.4, 0.5) is 0 Å². The second kappa shape index (κ2) is 6.02. The number of hydrogen-bond acceptors (Lipinski definition) is 5. The molecule has 6 nitrogen and oxygen atoms in total. The van der Waals surface area contributed by atoms with Crippen molar-refractivity contribution in [3.05, 3.63) is 34.1 Å². The Balaban J connectivity index is 2.81. The van der Waals surface area contributed by atoms with E-state index in [1.807, 2.05) is 13.0 Å². The SMILES string of the molecule is CCOP(=O)(OCC)c1c(O)c2cccc(C)c2[nH]c1=O. The molecule has 2 N–H and O–H groups in total. The van der Waals surface area contributed by atoms with Gasteiger partial charge in [0.1, 0.15) is 5.75 Å². The first-order chi connectivity index (χ1) is 9.94. The molecule has 114 valence electrons. The topological polar surface area (TPSA) is 88.6 Å². The molecule has 7 heteroatoms. The van der Waals surface area contributed by atoms with E-state index < -0.39 is 13.2 Å². The third kappa shape index (κ3) is 2.75. The molecule has 0 aliphatic rings. The van der Waals surface area contributed by atoms with E-state index in [0.717, 1.165) is 5.56 Å². The number of aromatic hydroxyl groups is 1. The Morgan fingerprint density at radius 2 is 1.86 bits per heavy atom. The van der Waals surface area contributed by atoms with E-state index in [4.69, 9.17) is 9.05 Å². The van der Waals surface area contributed by atoms with Gasteiger partial charge in [-0.2, -0.15) is 0 Å². The number of fused-ring (bicyclic) bond motifs is 1. The molecule has 0 fully saturated rings. The molecule has 0 amide bonds. The van der Waals surface area contributed by atoms with Crippen LogP contribution in [0.25, 0.3) is 10.9 Å². The van der Waals surface area contributed by atoms with E-state index in [9.17, 15) is 14.5 Å². The predicted octanol–water partition coefficient (Wildman–Crippen LogP) is 2.43. The summed E-state index contributed by atoms with van der Waals surface area (Å²) in [4.78, 5) is 14.9. The lowest BCUT2D eigenvalue weighted by atomic mass is 10.1. The lowest BCUT2D eigenvalue weighted by molar-refractivity contribution is 0.229. The molecule has 0 radical (unpaired) electrons. The number of benzene rings is 1. The van der Waals surface area contributed by atoms with Crippen molar-refractivity contribution < 1.29 is 18.7 Å². The average Bonchev–Trinajstić information content (AvgIpc) is 2.40. The number of aryl methyl sites for hydroxylation is 1. The van der Waals surface area contributed by atoms with E-state index in [1.165, 1.54) is 0 Å². The van der Waals surface area contributed by atoms with Crippen LogP contribution in [0.3, 0.4) is 0 Å². The molecule has 0 atom stereocenters. The maximum absolute atomic E-state index is 12.8. The molecule has 0 aliphatic heterocycles. The van der Waals surface area contributed by atoms with E-state index in [1.54, 1.807) is 26.0 Å².